The molecule has 0 spiro atoms. The van der Waals surface area contributed by atoms with Crippen molar-refractivity contribution >= 4 is 11.7 Å². The lowest BCUT2D eigenvalue weighted by Gasteiger charge is -2.29. The maximum absolute atomic E-state index is 10.6. The summed E-state index contributed by atoms with van der Waals surface area (Å²) in [5, 5.41) is 19.2. The molecule has 1 aromatic carbocycles. The number of halogens is 3. The maximum Gasteiger partial charge on any atom is 0.490 e. The molecule has 154 valence electrons. The minimum absolute atomic E-state index is 0.400. The summed E-state index contributed by atoms with van der Waals surface area (Å²) in [4.78, 5) is 15.5. The molecule has 1 fully saturated rings. The lowest BCUT2D eigenvalue weighted by molar-refractivity contribution is -0.192. The Balaban J connectivity index is 0.000000370. The van der Waals surface area contributed by atoms with E-state index in [1.165, 1.54) is 5.69 Å². The number of carbonyl (C=O) groups is 1. The van der Waals surface area contributed by atoms with Crippen molar-refractivity contribution in [2.75, 3.05) is 31.1 Å². The smallest absolute Gasteiger partial charge is 0.487 e. The monoisotopic (exact) mass is 408 g/mol. The van der Waals surface area contributed by atoms with Crippen LogP contribution in [-0.4, -0.2) is 48.4 Å². The molecule has 2 N–H and O–H groups in total. The quantitative estimate of drug-likeness (QED) is 0.802. The molecule has 0 aliphatic carbocycles. The number of hydrogen-bond donors (Lipinski definition) is 2. The Hall–Kier alpha value is -3.32. The molecule has 1 aromatic heterocycles. The fraction of sp³-hybridized carbons (Fsp3) is 0.316. The minimum atomic E-state index is -5.08. The number of nitriles is 1. The van der Waals surface area contributed by atoms with Gasteiger partial charge in [0.1, 0.15) is 18.4 Å². The third kappa shape index (κ3) is 7.31. The van der Waals surface area contributed by atoms with Gasteiger partial charge in [-0.05, 0) is 24.3 Å². The van der Waals surface area contributed by atoms with Gasteiger partial charge in [-0.2, -0.15) is 18.4 Å². The lowest BCUT2D eigenvalue weighted by Crippen LogP contribution is -2.43. The molecule has 0 amide bonds. The zero-order valence-electron chi connectivity index (χ0n) is 15.3. The molecule has 0 unspecified atom stereocenters. The number of carboxylic acid groups (broad SMARTS) is 1. The Kier molecular flexibility index (Phi) is 7.79. The number of aromatic nitrogens is 1. The van der Waals surface area contributed by atoms with E-state index in [2.05, 4.69) is 33.4 Å². The molecular formula is C19H19F3N4O3. The van der Waals surface area contributed by atoms with Gasteiger partial charge in [-0.3, -0.25) is 4.98 Å². The van der Waals surface area contributed by atoms with Crippen molar-refractivity contribution in [3.05, 3.63) is 53.9 Å². The standard InChI is InChI=1S/C17H18N4O.C2HF3O2/c18-11-14-4-5-15(20-12-14)13-22-17-3-1-2-16(10-17)21-8-6-19-7-9-21;3-2(4,5)1(6)7/h1-5,10,12,19H,6-9,13H2;(H,6,7). The predicted octanol–water partition coefficient (Wildman–Crippen LogP) is 2.58. The van der Waals surface area contributed by atoms with Gasteiger partial charge in [0.2, 0.25) is 0 Å². The topological polar surface area (TPSA) is 98.5 Å². The molecule has 0 saturated carbocycles. The van der Waals surface area contributed by atoms with Gasteiger partial charge in [0.05, 0.1) is 11.3 Å². The summed E-state index contributed by atoms with van der Waals surface area (Å²) in [6.07, 6.45) is -3.52. The first kappa shape index (κ1) is 22.0. The van der Waals surface area contributed by atoms with E-state index < -0.39 is 12.1 Å². The second-order valence-electron chi connectivity index (χ2n) is 5.98. The van der Waals surface area contributed by atoms with Crippen LogP contribution in [0.3, 0.4) is 0 Å². The van der Waals surface area contributed by atoms with Crippen LogP contribution in [0, 0.1) is 11.3 Å². The number of nitrogens with zero attached hydrogens (tertiary/aromatic N) is 3. The number of anilines is 1. The molecular weight excluding hydrogens is 389 g/mol. The Morgan fingerprint density at radius 1 is 1.28 bits per heavy atom. The summed E-state index contributed by atoms with van der Waals surface area (Å²) < 4.78 is 37.5. The van der Waals surface area contributed by atoms with Crippen molar-refractivity contribution in [2.24, 2.45) is 0 Å². The highest BCUT2D eigenvalue weighted by molar-refractivity contribution is 5.73. The van der Waals surface area contributed by atoms with E-state index in [1.807, 2.05) is 18.2 Å². The summed E-state index contributed by atoms with van der Waals surface area (Å²) in [5.41, 5.74) is 2.56. The van der Waals surface area contributed by atoms with Gasteiger partial charge < -0.3 is 20.1 Å². The molecule has 3 rings (SSSR count). The van der Waals surface area contributed by atoms with Crippen molar-refractivity contribution < 1.29 is 27.8 Å². The largest absolute Gasteiger partial charge is 0.490 e. The number of benzene rings is 1. The van der Waals surface area contributed by atoms with Gasteiger partial charge >= 0.3 is 12.1 Å². The first-order valence-corrected chi connectivity index (χ1v) is 8.63. The fourth-order valence-electron chi connectivity index (χ4n) is 2.43. The average molecular weight is 408 g/mol. The number of nitrogens with one attached hydrogen (secondary N) is 1. The van der Waals surface area contributed by atoms with Gasteiger partial charge in [0.15, 0.2) is 0 Å². The summed E-state index contributed by atoms with van der Waals surface area (Å²) in [6, 6.07) is 13.8. The maximum atomic E-state index is 10.6. The third-order valence-corrected chi connectivity index (χ3v) is 3.88. The van der Waals surface area contributed by atoms with Crippen LogP contribution in [-0.2, 0) is 11.4 Å². The van der Waals surface area contributed by atoms with E-state index in [0.29, 0.717) is 12.2 Å². The zero-order chi connectivity index (χ0) is 21.3. The Bertz CT molecular complexity index is 845. The normalized spacial score (nSPS) is 13.7. The van der Waals surface area contributed by atoms with Gasteiger partial charge in [-0.15, -0.1) is 0 Å². The van der Waals surface area contributed by atoms with Crippen molar-refractivity contribution in [2.45, 2.75) is 12.8 Å². The molecule has 1 saturated heterocycles. The van der Waals surface area contributed by atoms with Crippen LogP contribution < -0.4 is 15.0 Å². The molecule has 1 aliphatic heterocycles. The highest BCUT2D eigenvalue weighted by Gasteiger charge is 2.38. The van der Waals surface area contributed by atoms with E-state index in [-0.39, 0.29) is 0 Å². The summed E-state index contributed by atoms with van der Waals surface area (Å²) in [7, 11) is 0. The first-order valence-electron chi connectivity index (χ1n) is 8.63. The molecule has 2 heterocycles. The van der Waals surface area contributed by atoms with Crippen molar-refractivity contribution in [3.63, 3.8) is 0 Å². The van der Waals surface area contributed by atoms with Crippen LogP contribution in [0.4, 0.5) is 18.9 Å². The van der Waals surface area contributed by atoms with E-state index in [9.17, 15) is 13.2 Å². The van der Waals surface area contributed by atoms with Crippen LogP contribution in [0.5, 0.6) is 5.75 Å². The predicted molar refractivity (Wildman–Crippen MR) is 98.5 cm³/mol. The Morgan fingerprint density at radius 3 is 2.52 bits per heavy atom. The third-order valence-electron chi connectivity index (χ3n) is 3.88. The summed E-state index contributed by atoms with van der Waals surface area (Å²) >= 11 is 0. The van der Waals surface area contributed by atoms with Crippen LogP contribution in [0.15, 0.2) is 42.6 Å². The number of carboxylic acids is 1. The van der Waals surface area contributed by atoms with E-state index in [4.69, 9.17) is 19.9 Å². The molecule has 1 aliphatic rings. The highest BCUT2D eigenvalue weighted by atomic mass is 19.4. The van der Waals surface area contributed by atoms with E-state index in [0.717, 1.165) is 37.6 Å². The Morgan fingerprint density at radius 2 is 1.97 bits per heavy atom. The average Bonchev–Trinajstić information content (AvgIpc) is 2.73. The molecule has 2 aromatic rings. The zero-order valence-corrected chi connectivity index (χ0v) is 15.3. The van der Waals surface area contributed by atoms with Gasteiger partial charge in [-0.1, -0.05) is 6.07 Å². The van der Waals surface area contributed by atoms with Crippen LogP contribution in [0.1, 0.15) is 11.3 Å². The SMILES string of the molecule is N#Cc1ccc(COc2cccc(N3CCNCC3)c2)nc1.O=C(O)C(F)(F)F. The molecule has 10 heteroatoms. The van der Waals surface area contributed by atoms with Gasteiger partial charge in [0, 0.05) is 44.1 Å². The highest BCUT2D eigenvalue weighted by Crippen LogP contribution is 2.22. The second-order valence-corrected chi connectivity index (χ2v) is 5.98. The van der Waals surface area contributed by atoms with Crippen molar-refractivity contribution in [1.82, 2.24) is 10.3 Å². The first-order chi connectivity index (χ1) is 13.8. The molecule has 29 heavy (non-hydrogen) atoms. The minimum Gasteiger partial charge on any atom is -0.487 e. The van der Waals surface area contributed by atoms with Gasteiger partial charge in [0.25, 0.3) is 0 Å². The number of piperazine rings is 1. The van der Waals surface area contributed by atoms with Crippen molar-refractivity contribution in [3.8, 4) is 11.8 Å². The molecule has 0 bridgehead atoms. The van der Waals surface area contributed by atoms with Crippen LogP contribution in [0.2, 0.25) is 0 Å². The summed E-state index contributed by atoms with van der Waals surface area (Å²) in [6.45, 7) is 4.46. The lowest BCUT2D eigenvalue weighted by atomic mass is 10.2. The number of aliphatic carboxylic acids is 1. The van der Waals surface area contributed by atoms with Crippen LogP contribution >= 0.6 is 0 Å². The molecule has 0 radical (unpaired) electrons. The number of hydrogen-bond acceptors (Lipinski definition) is 6. The number of rotatable bonds is 4. The number of pyridine rings is 1. The summed E-state index contributed by atoms with van der Waals surface area (Å²) in [5.74, 6) is -1.92. The fourth-order valence-corrected chi connectivity index (χ4v) is 2.43. The molecule has 7 nitrogen and oxygen atoms in total. The van der Waals surface area contributed by atoms with Crippen molar-refractivity contribution in [1.29, 1.82) is 5.26 Å². The second kappa shape index (κ2) is 10.3. The van der Waals surface area contributed by atoms with Gasteiger partial charge in [-0.25, -0.2) is 4.79 Å². The number of alkyl halides is 3. The van der Waals surface area contributed by atoms with E-state index >= 15 is 0 Å². The van der Waals surface area contributed by atoms with E-state index in [1.54, 1.807) is 12.3 Å². The molecule has 0 atom stereocenters. The Labute approximate surface area is 165 Å². The van der Waals surface area contributed by atoms with Crippen LogP contribution in [0.25, 0.3) is 0 Å². The number of ether oxygens (including phenoxy) is 1.